The molecule has 0 aliphatic heterocycles. The molecule has 0 atom stereocenters. The van der Waals surface area contributed by atoms with E-state index in [1.54, 1.807) is 0 Å². The number of para-hydroxylation sites is 1. The Morgan fingerprint density at radius 1 is 0.679 bits per heavy atom. The van der Waals surface area contributed by atoms with Gasteiger partial charge in [0.15, 0.2) is 4.34 Å². The van der Waals surface area contributed by atoms with Gasteiger partial charge < -0.3 is 0 Å². The molecule has 0 spiro atoms. The minimum atomic E-state index is 1.15. The van der Waals surface area contributed by atoms with Crippen molar-refractivity contribution in [3.05, 3.63) is 24.3 Å². The van der Waals surface area contributed by atoms with Gasteiger partial charge in [-0.15, -0.1) is 11.3 Å². The van der Waals surface area contributed by atoms with Crippen LogP contribution in [0.5, 0.6) is 0 Å². The molecule has 0 unspecified atom stereocenters. The number of hydrogen-bond acceptors (Lipinski definition) is 3. The minimum absolute atomic E-state index is 1.15. The van der Waals surface area contributed by atoms with Gasteiger partial charge in [0, 0.05) is 5.75 Å². The van der Waals surface area contributed by atoms with Crippen molar-refractivity contribution >= 4 is 33.3 Å². The highest BCUT2D eigenvalue weighted by Gasteiger charge is 2.03. The summed E-state index contributed by atoms with van der Waals surface area (Å²) < 4.78 is 2.55. The highest BCUT2D eigenvalue weighted by Crippen LogP contribution is 2.29. The monoisotopic (exact) mass is 419 g/mol. The highest BCUT2D eigenvalue weighted by atomic mass is 32.2. The van der Waals surface area contributed by atoms with Crippen LogP contribution in [-0.4, -0.2) is 10.7 Å². The smallest absolute Gasteiger partial charge is 0.151 e. The summed E-state index contributed by atoms with van der Waals surface area (Å²) in [5.41, 5.74) is 1.15. The first-order valence-corrected chi connectivity index (χ1v) is 13.7. The standard InChI is InChI=1S/C25H41NS2/c1-2-3-4-5-6-7-8-9-10-11-12-13-14-15-16-19-22-27-25-26-23-20-17-18-21-24(23)28-25/h17-18,20-21H,2-16,19,22H2,1H3. The predicted molar refractivity (Wildman–Crippen MR) is 130 cm³/mol. The zero-order chi connectivity index (χ0) is 19.7. The Morgan fingerprint density at radius 2 is 1.18 bits per heavy atom. The molecule has 1 aromatic carbocycles. The molecule has 0 radical (unpaired) electrons. The fourth-order valence-electron chi connectivity index (χ4n) is 3.72. The van der Waals surface area contributed by atoms with E-state index in [2.05, 4.69) is 31.2 Å². The third-order valence-electron chi connectivity index (χ3n) is 5.50. The fourth-order valence-corrected chi connectivity index (χ4v) is 5.86. The molecule has 0 saturated heterocycles. The van der Waals surface area contributed by atoms with Crippen molar-refractivity contribution in [1.29, 1.82) is 0 Å². The van der Waals surface area contributed by atoms with Crippen molar-refractivity contribution in [1.82, 2.24) is 4.98 Å². The Morgan fingerprint density at radius 3 is 1.71 bits per heavy atom. The summed E-state index contributed by atoms with van der Waals surface area (Å²) in [6, 6.07) is 8.47. The van der Waals surface area contributed by atoms with Gasteiger partial charge >= 0.3 is 0 Å². The fraction of sp³-hybridized carbons (Fsp3) is 0.720. The number of aromatic nitrogens is 1. The summed E-state index contributed by atoms with van der Waals surface area (Å²) >= 11 is 3.78. The van der Waals surface area contributed by atoms with Crippen molar-refractivity contribution in [3.63, 3.8) is 0 Å². The Labute approximate surface area is 182 Å². The SMILES string of the molecule is CCCCCCCCCCCCCCCCCCSc1nc2ccccc2s1. The first kappa shape index (κ1) is 23.7. The summed E-state index contributed by atoms with van der Waals surface area (Å²) in [4.78, 5) is 4.71. The third kappa shape index (κ3) is 10.9. The van der Waals surface area contributed by atoms with Crippen molar-refractivity contribution in [2.24, 2.45) is 0 Å². The second-order valence-corrected chi connectivity index (χ2v) is 10.5. The van der Waals surface area contributed by atoms with Crippen LogP contribution < -0.4 is 0 Å². The number of benzene rings is 1. The van der Waals surface area contributed by atoms with Crippen molar-refractivity contribution < 1.29 is 0 Å². The lowest BCUT2D eigenvalue weighted by Gasteiger charge is -2.03. The molecule has 1 aromatic heterocycles. The van der Waals surface area contributed by atoms with Crippen LogP contribution in [0.1, 0.15) is 110 Å². The van der Waals surface area contributed by atoms with Gasteiger partial charge in [-0.1, -0.05) is 127 Å². The Balaban J connectivity index is 1.30. The summed E-state index contributed by atoms with van der Waals surface area (Å²) in [5, 5.41) is 0. The van der Waals surface area contributed by atoms with E-state index in [0.29, 0.717) is 0 Å². The maximum atomic E-state index is 4.71. The molecule has 1 heterocycles. The number of thioether (sulfide) groups is 1. The van der Waals surface area contributed by atoms with Crippen LogP contribution in [0.15, 0.2) is 28.6 Å². The van der Waals surface area contributed by atoms with E-state index in [4.69, 9.17) is 4.98 Å². The van der Waals surface area contributed by atoms with Gasteiger partial charge in [-0.05, 0) is 18.6 Å². The third-order valence-corrected chi connectivity index (χ3v) is 7.76. The van der Waals surface area contributed by atoms with Crippen LogP contribution in [0.25, 0.3) is 10.2 Å². The van der Waals surface area contributed by atoms with E-state index in [-0.39, 0.29) is 0 Å². The van der Waals surface area contributed by atoms with Gasteiger partial charge in [0.1, 0.15) is 0 Å². The molecule has 0 saturated carbocycles. The van der Waals surface area contributed by atoms with Gasteiger partial charge in [0.25, 0.3) is 0 Å². The quantitative estimate of drug-likeness (QED) is 0.176. The van der Waals surface area contributed by atoms with Crippen LogP contribution in [0, 0.1) is 0 Å². The lowest BCUT2D eigenvalue weighted by molar-refractivity contribution is 0.531. The summed E-state index contributed by atoms with van der Waals surface area (Å²) in [6.45, 7) is 2.30. The van der Waals surface area contributed by atoms with Crippen LogP contribution in [0.4, 0.5) is 0 Å². The van der Waals surface area contributed by atoms with Gasteiger partial charge in [-0.25, -0.2) is 4.98 Å². The Hall–Kier alpha value is -0.540. The normalized spacial score (nSPS) is 11.5. The molecule has 28 heavy (non-hydrogen) atoms. The van der Waals surface area contributed by atoms with Crippen molar-refractivity contribution in [3.8, 4) is 0 Å². The van der Waals surface area contributed by atoms with Crippen LogP contribution in [-0.2, 0) is 0 Å². The number of thiazole rings is 1. The maximum absolute atomic E-state index is 4.71. The molecule has 2 aromatic rings. The van der Waals surface area contributed by atoms with Crippen LogP contribution in [0.3, 0.4) is 0 Å². The first-order valence-electron chi connectivity index (χ1n) is 11.9. The minimum Gasteiger partial charge on any atom is -0.230 e. The average Bonchev–Trinajstić information content (AvgIpc) is 3.13. The molecule has 1 nitrogen and oxygen atoms in total. The zero-order valence-corrected chi connectivity index (χ0v) is 19.7. The Bertz CT molecular complexity index is 574. The lowest BCUT2D eigenvalue weighted by Crippen LogP contribution is -1.84. The van der Waals surface area contributed by atoms with Gasteiger partial charge in [-0.2, -0.15) is 0 Å². The number of rotatable bonds is 18. The molecule has 0 amide bonds. The molecule has 0 N–H and O–H groups in total. The zero-order valence-electron chi connectivity index (χ0n) is 18.1. The van der Waals surface area contributed by atoms with Gasteiger partial charge in [-0.3, -0.25) is 0 Å². The van der Waals surface area contributed by atoms with E-state index in [1.165, 1.54) is 118 Å². The maximum Gasteiger partial charge on any atom is 0.151 e. The molecule has 158 valence electrons. The Kier molecular flexibility index (Phi) is 13.8. The molecular formula is C25H41NS2. The molecule has 0 fully saturated rings. The van der Waals surface area contributed by atoms with Crippen LogP contribution >= 0.6 is 23.1 Å². The number of fused-ring (bicyclic) bond motifs is 1. The van der Waals surface area contributed by atoms with E-state index >= 15 is 0 Å². The van der Waals surface area contributed by atoms with E-state index in [0.717, 1.165) is 5.52 Å². The second-order valence-electron chi connectivity index (χ2n) is 8.10. The van der Waals surface area contributed by atoms with E-state index in [9.17, 15) is 0 Å². The first-order chi connectivity index (χ1) is 13.9. The van der Waals surface area contributed by atoms with Gasteiger partial charge in [0.05, 0.1) is 10.2 Å². The molecule has 2 rings (SSSR count). The predicted octanol–water partition coefficient (Wildman–Crippen LogP) is 9.65. The highest BCUT2D eigenvalue weighted by molar-refractivity contribution is 8.01. The summed E-state index contributed by atoms with van der Waals surface area (Å²) in [6.07, 6.45) is 23.0. The number of nitrogens with zero attached hydrogens (tertiary/aromatic N) is 1. The summed E-state index contributed by atoms with van der Waals surface area (Å²) in [7, 11) is 0. The molecule has 0 bridgehead atoms. The average molecular weight is 420 g/mol. The van der Waals surface area contributed by atoms with E-state index < -0.39 is 0 Å². The topological polar surface area (TPSA) is 12.9 Å². The lowest BCUT2D eigenvalue weighted by atomic mass is 10.0. The molecular weight excluding hydrogens is 378 g/mol. The molecule has 0 aliphatic rings. The van der Waals surface area contributed by atoms with E-state index in [1.807, 2.05) is 23.1 Å². The van der Waals surface area contributed by atoms with Crippen molar-refractivity contribution in [2.45, 2.75) is 114 Å². The van der Waals surface area contributed by atoms with Crippen molar-refractivity contribution in [2.75, 3.05) is 5.75 Å². The number of unbranched alkanes of at least 4 members (excludes halogenated alkanes) is 15. The second kappa shape index (κ2) is 16.3. The molecule has 3 heteroatoms. The van der Waals surface area contributed by atoms with Gasteiger partial charge in [0.2, 0.25) is 0 Å². The largest absolute Gasteiger partial charge is 0.230 e. The molecule has 0 aliphatic carbocycles. The van der Waals surface area contributed by atoms with Crippen LogP contribution in [0.2, 0.25) is 0 Å². The number of hydrogen-bond donors (Lipinski definition) is 0. The summed E-state index contributed by atoms with van der Waals surface area (Å²) in [5.74, 6) is 1.22.